The fourth-order valence-corrected chi connectivity index (χ4v) is 4.54. The maximum Gasteiger partial charge on any atom is 0.341 e. The molecular weight excluding hydrogens is 539 g/mol. The second-order valence-corrected chi connectivity index (χ2v) is 9.28. The number of aryl methyl sites for hydroxylation is 1. The predicted octanol–water partition coefficient (Wildman–Crippen LogP) is 5.00. The second-order valence-electron chi connectivity index (χ2n) is 9.28. The van der Waals surface area contributed by atoms with E-state index in [2.05, 4.69) is 20.3 Å². The lowest BCUT2D eigenvalue weighted by Crippen LogP contribution is -2.28. The highest BCUT2D eigenvalue weighted by molar-refractivity contribution is 5.97. The summed E-state index contributed by atoms with van der Waals surface area (Å²) >= 11 is 0. The lowest BCUT2D eigenvalue weighted by molar-refractivity contribution is 0.0521. The summed E-state index contributed by atoms with van der Waals surface area (Å²) in [6.45, 7) is 4.05. The van der Waals surface area contributed by atoms with Gasteiger partial charge in [-0.1, -0.05) is 12.1 Å². The van der Waals surface area contributed by atoms with Crippen molar-refractivity contribution in [2.45, 2.75) is 19.8 Å². The third-order valence-corrected chi connectivity index (χ3v) is 6.63. The number of aromatic nitrogens is 4. The zero-order chi connectivity index (χ0) is 29.3. The Kier molecular flexibility index (Phi) is 7.64. The molecule has 0 aliphatic rings. The third kappa shape index (κ3) is 5.32. The van der Waals surface area contributed by atoms with Crippen LogP contribution in [0.4, 0.5) is 13.2 Å². The van der Waals surface area contributed by atoms with Crippen LogP contribution < -0.4 is 10.1 Å². The zero-order valence-corrected chi connectivity index (χ0v) is 22.4. The van der Waals surface area contributed by atoms with E-state index < -0.39 is 29.3 Å². The highest BCUT2D eigenvalue weighted by Gasteiger charge is 2.23. The molecule has 2 heterocycles. The zero-order valence-electron chi connectivity index (χ0n) is 22.4. The van der Waals surface area contributed by atoms with E-state index >= 15 is 0 Å². The number of rotatable bonds is 9. The summed E-state index contributed by atoms with van der Waals surface area (Å²) in [5.74, 6) is -4.36. The number of nitrogens with zero attached hydrogens (tertiary/aromatic N) is 3. The first-order valence-electron chi connectivity index (χ1n) is 12.9. The van der Waals surface area contributed by atoms with Crippen molar-refractivity contribution in [3.8, 4) is 5.75 Å². The summed E-state index contributed by atoms with van der Waals surface area (Å²) < 4.78 is 54.0. The molecule has 0 spiro atoms. The maximum absolute atomic E-state index is 14.2. The molecule has 2 aromatic heterocycles. The van der Waals surface area contributed by atoms with Gasteiger partial charge in [-0.05, 0) is 44.2 Å². The first-order chi connectivity index (χ1) is 19.7. The maximum atomic E-state index is 14.2. The standard InChI is InChI=1S/C29H26F3N5O4/c1-4-40-29(39)17-7-5-6-8-22(17)41-12-11-33-28(38)16-9-10-19-21(13-16)37(3)27(35-19)15(2)26-34-20-14-18(30)23(31)24(32)25(20)36-26/h5-10,13-15H,4,11-12H2,1-3H3,(H,33,38)(H,34,36). The number of hydrogen-bond acceptors (Lipinski definition) is 6. The second kappa shape index (κ2) is 11.3. The van der Waals surface area contributed by atoms with Crippen LogP contribution in [0.1, 0.15) is 52.1 Å². The normalized spacial score (nSPS) is 12.0. The Morgan fingerprint density at radius 3 is 2.63 bits per heavy atom. The Morgan fingerprint density at radius 1 is 1.07 bits per heavy atom. The Morgan fingerprint density at radius 2 is 1.85 bits per heavy atom. The molecule has 1 amide bonds. The van der Waals surface area contributed by atoms with E-state index in [4.69, 9.17) is 9.47 Å². The monoisotopic (exact) mass is 565 g/mol. The molecule has 1 unspecified atom stereocenters. The van der Waals surface area contributed by atoms with Crippen molar-refractivity contribution in [2.24, 2.45) is 7.05 Å². The number of fused-ring (bicyclic) bond motifs is 2. The van der Waals surface area contributed by atoms with Gasteiger partial charge in [0.1, 0.15) is 35.1 Å². The van der Waals surface area contributed by atoms with Gasteiger partial charge in [0.2, 0.25) is 0 Å². The van der Waals surface area contributed by atoms with Crippen molar-refractivity contribution in [3.63, 3.8) is 0 Å². The van der Waals surface area contributed by atoms with Crippen molar-refractivity contribution in [2.75, 3.05) is 19.8 Å². The molecule has 0 radical (unpaired) electrons. The van der Waals surface area contributed by atoms with Gasteiger partial charge in [0.25, 0.3) is 5.91 Å². The summed E-state index contributed by atoms with van der Waals surface area (Å²) in [5, 5.41) is 2.79. The Hall–Kier alpha value is -4.87. The van der Waals surface area contributed by atoms with Crippen LogP contribution in [0.25, 0.3) is 22.1 Å². The van der Waals surface area contributed by atoms with Crippen LogP contribution in [0.5, 0.6) is 5.75 Å². The average molecular weight is 566 g/mol. The fourth-order valence-electron chi connectivity index (χ4n) is 4.54. The van der Waals surface area contributed by atoms with Gasteiger partial charge in [-0.2, -0.15) is 0 Å². The summed E-state index contributed by atoms with van der Waals surface area (Å²) in [6, 6.07) is 12.6. The Bertz CT molecular complexity index is 1780. The molecule has 1 atom stereocenters. The highest BCUT2D eigenvalue weighted by Crippen LogP contribution is 2.29. The van der Waals surface area contributed by atoms with Crippen molar-refractivity contribution in [3.05, 3.63) is 88.8 Å². The van der Waals surface area contributed by atoms with E-state index in [0.717, 1.165) is 6.07 Å². The van der Waals surface area contributed by atoms with Crippen LogP contribution in [0.15, 0.2) is 48.5 Å². The van der Waals surface area contributed by atoms with E-state index in [1.54, 1.807) is 67.9 Å². The molecular formula is C29H26F3N5O4. The number of imidazole rings is 2. The molecule has 3 aromatic carbocycles. The molecule has 5 rings (SSSR count). The molecule has 0 aliphatic heterocycles. The van der Waals surface area contributed by atoms with Gasteiger partial charge < -0.3 is 24.3 Å². The summed E-state index contributed by atoms with van der Waals surface area (Å²) in [6.07, 6.45) is 0. The largest absolute Gasteiger partial charge is 0.491 e. The number of nitrogens with one attached hydrogen (secondary N) is 2. The number of esters is 1. The minimum Gasteiger partial charge on any atom is -0.491 e. The minimum atomic E-state index is -1.58. The van der Waals surface area contributed by atoms with Gasteiger partial charge in [0.15, 0.2) is 17.5 Å². The lowest BCUT2D eigenvalue weighted by atomic mass is 10.1. The minimum absolute atomic E-state index is 0.0364. The Labute approximate surface area is 232 Å². The number of benzene rings is 3. The fraction of sp³-hybridized carbons (Fsp3) is 0.241. The smallest absolute Gasteiger partial charge is 0.341 e. The molecule has 0 fully saturated rings. The molecule has 9 nitrogen and oxygen atoms in total. The van der Waals surface area contributed by atoms with Crippen molar-refractivity contribution in [1.82, 2.24) is 24.8 Å². The van der Waals surface area contributed by atoms with Crippen LogP contribution >= 0.6 is 0 Å². The number of carbonyl (C=O) groups excluding carboxylic acids is 2. The number of halogens is 3. The lowest BCUT2D eigenvalue weighted by Gasteiger charge is -2.11. The summed E-state index contributed by atoms with van der Waals surface area (Å²) in [7, 11) is 1.76. The van der Waals surface area contributed by atoms with Crippen LogP contribution in [0.3, 0.4) is 0 Å². The molecule has 0 bridgehead atoms. The number of ether oxygens (including phenoxy) is 2. The van der Waals surface area contributed by atoms with Gasteiger partial charge in [-0.15, -0.1) is 0 Å². The SMILES string of the molecule is CCOC(=O)c1ccccc1OCCNC(=O)c1ccc2nc(C(C)c3nc4c(F)c(F)c(F)cc4[nH]3)n(C)c2c1. The third-order valence-electron chi connectivity index (χ3n) is 6.63. The first-order valence-corrected chi connectivity index (χ1v) is 12.9. The molecule has 0 saturated heterocycles. The number of aromatic amines is 1. The molecule has 0 saturated carbocycles. The first kappa shape index (κ1) is 27.7. The van der Waals surface area contributed by atoms with Crippen LogP contribution in [-0.2, 0) is 11.8 Å². The molecule has 41 heavy (non-hydrogen) atoms. The van der Waals surface area contributed by atoms with Gasteiger partial charge in [-0.25, -0.2) is 27.9 Å². The molecule has 5 aromatic rings. The van der Waals surface area contributed by atoms with E-state index in [1.165, 1.54) is 0 Å². The van der Waals surface area contributed by atoms with Crippen molar-refractivity contribution < 1.29 is 32.2 Å². The van der Waals surface area contributed by atoms with Crippen LogP contribution in [0.2, 0.25) is 0 Å². The van der Waals surface area contributed by atoms with Crippen LogP contribution in [0, 0.1) is 17.5 Å². The van der Waals surface area contributed by atoms with Crippen LogP contribution in [-0.4, -0.2) is 51.2 Å². The predicted molar refractivity (Wildman–Crippen MR) is 144 cm³/mol. The Balaban J connectivity index is 1.28. The van der Waals surface area contributed by atoms with Gasteiger partial charge in [0.05, 0.1) is 35.6 Å². The summed E-state index contributed by atoms with van der Waals surface area (Å²) in [5.41, 5.74) is 1.72. The van der Waals surface area contributed by atoms with Gasteiger partial charge in [-0.3, -0.25) is 4.79 Å². The number of para-hydroxylation sites is 1. The van der Waals surface area contributed by atoms with Gasteiger partial charge in [0, 0.05) is 18.7 Å². The summed E-state index contributed by atoms with van der Waals surface area (Å²) in [4.78, 5) is 36.6. The van der Waals surface area contributed by atoms with E-state index in [1.807, 2.05) is 0 Å². The topological polar surface area (TPSA) is 111 Å². The van der Waals surface area contributed by atoms with E-state index in [9.17, 15) is 22.8 Å². The molecule has 12 heteroatoms. The molecule has 212 valence electrons. The van der Waals surface area contributed by atoms with Crippen molar-refractivity contribution >= 4 is 33.9 Å². The number of hydrogen-bond donors (Lipinski definition) is 2. The van der Waals surface area contributed by atoms with Gasteiger partial charge >= 0.3 is 5.97 Å². The number of H-pyrrole nitrogens is 1. The van der Waals surface area contributed by atoms with E-state index in [-0.39, 0.29) is 42.5 Å². The highest BCUT2D eigenvalue weighted by atomic mass is 19.2. The molecule has 0 aliphatic carbocycles. The molecule has 2 N–H and O–H groups in total. The average Bonchev–Trinajstić information content (AvgIpc) is 3.55. The number of carbonyl (C=O) groups is 2. The van der Waals surface area contributed by atoms with Crippen molar-refractivity contribution in [1.29, 1.82) is 0 Å². The quantitative estimate of drug-likeness (QED) is 0.148. The number of amides is 1. The van der Waals surface area contributed by atoms with E-state index in [0.29, 0.717) is 33.7 Å².